The maximum atomic E-state index is 13.6. The summed E-state index contributed by atoms with van der Waals surface area (Å²) in [7, 11) is 1.40. The van der Waals surface area contributed by atoms with Crippen LogP contribution in [0, 0.1) is 11.6 Å². The largest absolute Gasteiger partial charge is 0.493 e. The number of halogens is 2. The molecule has 0 fully saturated rings. The van der Waals surface area contributed by atoms with Gasteiger partial charge in [-0.3, -0.25) is 4.79 Å². The lowest BCUT2D eigenvalue weighted by molar-refractivity contribution is -0.123. The fraction of sp³-hybridized carbons (Fsp3) is 0.263. The molecule has 2 aromatic rings. The van der Waals surface area contributed by atoms with Crippen molar-refractivity contribution < 1.29 is 37.3 Å². The number of ether oxygens (including phenoxy) is 4. The average molecular weight is 393 g/mol. The first-order valence-electron chi connectivity index (χ1n) is 8.34. The van der Waals surface area contributed by atoms with Crippen molar-refractivity contribution in [1.82, 2.24) is 0 Å². The van der Waals surface area contributed by atoms with Gasteiger partial charge >= 0.3 is 5.97 Å². The predicted octanol–water partition coefficient (Wildman–Crippen LogP) is 2.93. The molecule has 1 aliphatic heterocycles. The molecule has 0 unspecified atom stereocenters. The van der Waals surface area contributed by atoms with Crippen LogP contribution < -0.4 is 19.5 Å². The van der Waals surface area contributed by atoms with Crippen LogP contribution in [-0.4, -0.2) is 38.3 Å². The zero-order valence-corrected chi connectivity index (χ0v) is 15.1. The summed E-state index contributed by atoms with van der Waals surface area (Å²) in [5.74, 6) is -2.66. The van der Waals surface area contributed by atoms with E-state index in [1.54, 1.807) is 0 Å². The molecule has 0 saturated carbocycles. The number of fused-ring (bicyclic) bond motifs is 1. The number of benzene rings is 2. The van der Waals surface area contributed by atoms with Gasteiger partial charge in [0, 0.05) is 0 Å². The van der Waals surface area contributed by atoms with Gasteiger partial charge in [-0.1, -0.05) is 6.07 Å². The molecule has 0 saturated heterocycles. The maximum Gasteiger partial charge on any atom is 0.339 e. The highest BCUT2D eigenvalue weighted by Crippen LogP contribution is 2.40. The Bertz CT molecular complexity index is 880. The number of esters is 1. The lowest BCUT2D eigenvalue weighted by Gasteiger charge is -2.21. The number of anilines is 1. The summed E-state index contributed by atoms with van der Waals surface area (Å²) in [6.07, 6.45) is -1.31. The number of nitrogens with one attached hydrogen (secondary N) is 1. The molecule has 0 bridgehead atoms. The standard InChI is InChI=1S/C19H17F2NO6/c1-10(18(23)22-16-12(20)4-3-5-13(16)21)28-19(24)11-8-14(25-2)17-15(9-11)26-6-7-27-17/h3-5,8-10H,6-7H2,1-2H3,(H,22,23)/t10-/m1/s1. The molecule has 9 heteroatoms. The third kappa shape index (κ3) is 3.98. The van der Waals surface area contributed by atoms with E-state index >= 15 is 0 Å². The molecule has 0 spiro atoms. The maximum absolute atomic E-state index is 13.6. The number of carbonyl (C=O) groups is 2. The van der Waals surface area contributed by atoms with E-state index in [9.17, 15) is 18.4 Å². The number of rotatable bonds is 5. The highest BCUT2D eigenvalue weighted by molar-refractivity contribution is 5.98. The van der Waals surface area contributed by atoms with Crippen LogP contribution in [0.4, 0.5) is 14.5 Å². The van der Waals surface area contributed by atoms with Crippen LogP contribution in [0.5, 0.6) is 17.2 Å². The Morgan fingerprint density at radius 3 is 2.50 bits per heavy atom. The van der Waals surface area contributed by atoms with Gasteiger partial charge in [-0.05, 0) is 31.2 Å². The van der Waals surface area contributed by atoms with Crippen LogP contribution in [0.1, 0.15) is 17.3 Å². The summed E-state index contributed by atoms with van der Waals surface area (Å²) in [6.45, 7) is 1.93. The van der Waals surface area contributed by atoms with Crippen molar-refractivity contribution in [2.45, 2.75) is 13.0 Å². The van der Waals surface area contributed by atoms with Crippen molar-refractivity contribution in [2.75, 3.05) is 25.6 Å². The Balaban J connectivity index is 1.73. The van der Waals surface area contributed by atoms with Crippen molar-refractivity contribution in [3.8, 4) is 17.2 Å². The van der Waals surface area contributed by atoms with Crippen LogP contribution >= 0.6 is 0 Å². The highest BCUT2D eigenvalue weighted by atomic mass is 19.1. The third-order valence-corrected chi connectivity index (χ3v) is 3.93. The lowest BCUT2D eigenvalue weighted by atomic mass is 10.1. The predicted molar refractivity (Wildman–Crippen MR) is 93.8 cm³/mol. The lowest BCUT2D eigenvalue weighted by Crippen LogP contribution is -2.30. The molecule has 0 aromatic heterocycles. The van der Waals surface area contributed by atoms with Crippen molar-refractivity contribution >= 4 is 17.6 Å². The van der Waals surface area contributed by atoms with E-state index in [2.05, 4.69) is 5.32 Å². The van der Waals surface area contributed by atoms with Gasteiger partial charge in [-0.2, -0.15) is 0 Å². The summed E-state index contributed by atoms with van der Waals surface area (Å²) in [5, 5.41) is 2.07. The van der Waals surface area contributed by atoms with Gasteiger partial charge in [-0.15, -0.1) is 0 Å². The van der Waals surface area contributed by atoms with E-state index in [1.807, 2.05) is 0 Å². The Labute approximate surface area is 159 Å². The first-order chi connectivity index (χ1) is 13.4. The highest BCUT2D eigenvalue weighted by Gasteiger charge is 2.25. The number of methoxy groups -OCH3 is 1. The van der Waals surface area contributed by atoms with Gasteiger partial charge in [-0.25, -0.2) is 13.6 Å². The van der Waals surface area contributed by atoms with E-state index < -0.39 is 35.3 Å². The number of hydrogen-bond acceptors (Lipinski definition) is 6. The fourth-order valence-corrected chi connectivity index (χ4v) is 2.52. The zero-order chi connectivity index (χ0) is 20.3. The molecular weight excluding hydrogens is 376 g/mol. The van der Waals surface area contributed by atoms with Crippen LogP contribution in [0.3, 0.4) is 0 Å². The van der Waals surface area contributed by atoms with Gasteiger partial charge in [0.1, 0.15) is 30.5 Å². The number of carbonyl (C=O) groups excluding carboxylic acids is 2. The topological polar surface area (TPSA) is 83.1 Å². The molecule has 7 nitrogen and oxygen atoms in total. The van der Waals surface area contributed by atoms with Crippen molar-refractivity contribution in [2.24, 2.45) is 0 Å². The molecule has 1 amide bonds. The molecule has 28 heavy (non-hydrogen) atoms. The summed E-state index contributed by atoms with van der Waals surface area (Å²) in [6, 6.07) is 5.95. The van der Waals surface area contributed by atoms with E-state index in [4.69, 9.17) is 18.9 Å². The van der Waals surface area contributed by atoms with Gasteiger partial charge < -0.3 is 24.3 Å². The van der Waals surface area contributed by atoms with Gasteiger partial charge in [0.2, 0.25) is 5.75 Å². The van der Waals surface area contributed by atoms with Crippen molar-refractivity contribution in [1.29, 1.82) is 0 Å². The summed E-state index contributed by atoms with van der Waals surface area (Å²) >= 11 is 0. The monoisotopic (exact) mass is 393 g/mol. The van der Waals surface area contributed by atoms with Gasteiger partial charge in [0.05, 0.1) is 12.7 Å². The van der Waals surface area contributed by atoms with Crippen molar-refractivity contribution in [3.63, 3.8) is 0 Å². The number of hydrogen-bond donors (Lipinski definition) is 1. The SMILES string of the molecule is COc1cc(C(=O)O[C@H](C)C(=O)Nc2c(F)cccc2F)cc2c1OCCO2. The fourth-order valence-electron chi connectivity index (χ4n) is 2.52. The summed E-state index contributed by atoms with van der Waals surface area (Å²) < 4.78 is 48.5. The minimum absolute atomic E-state index is 0.0674. The Hall–Kier alpha value is -3.36. The Morgan fingerprint density at radius 1 is 1.14 bits per heavy atom. The quantitative estimate of drug-likeness (QED) is 0.787. The Morgan fingerprint density at radius 2 is 1.82 bits per heavy atom. The van der Waals surface area contributed by atoms with Crippen LogP contribution in [0.25, 0.3) is 0 Å². The Kier molecular flexibility index (Phi) is 5.62. The average Bonchev–Trinajstić information content (AvgIpc) is 2.69. The van der Waals surface area contributed by atoms with E-state index in [-0.39, 0.29) is 11.3 Å². The summed E-state index contributed by atoms with van der Waals surface area (Å²) in [4.78, 5) is 24.5. The van der Waals surface area contributed by atoms with Gasteiger partial charge in [0.15, 0.2) is 17.6 Å². The molecule has 3 rings (SSSR count). The molecule has 1 atom stereocenters. The van der Waals surface area contributed by atoms with E-state index in [0.29, 0.717) is 24.7 Å². The third-order valence-electron chi connectivity index (χ3n) is 3.93. The minimum Gasteiger partial charge on any atom is -0.493 e. The first kappa shape index (κ1) is 19.4. The first-order valence-corrected chi connectivity index (χ1v) is 8.34. The molecule has 2 aromatic carbocycles. The molecule has 1 heterocycles. The zero-order valence-electron chi connectivity index (χ0n) is 15.1. The minimum atomic E-state index is -1.31. The molecule has 0 radical (unpaired) electrons. The second-order valence-electron chi connectivity index (χ2n) is 5.84. The number of para-hydroxylation sites is 1. The van der Waals surface area contributed by atoms with Crippen LogP contribution in [-0.2, 0) is 9.53 Å². The van der Waals surface area contributed by atoms with Crippen LogP contribution in [0.2, 0.25) is 0 Å². The molecule has 1 aliphatic rings. The van der Waals surface area contributed by atoms with E-state index in [0.717, 1.165) is 12.1 Å². The van der Waals surface area contributed by atoms with Crippen molar-refractivity contribution in [3.05, 3.63) is 47.5 Å². The second kappa shape index (κ2) is 8.12. The van der Waals surface area contributed by atoms with E-state index in [1.165, 1.54) is 32.2 Å². The molecular formula is C19H17F2NO6. The number of amides is 1. The summed E-state index contributed by atoms with van der Waals surface area (Å²) in [5.41, 5.74) is -0.547. The molecule has 0 aliphatic carbocycles. The molecule has 1 N–H and O–H groups in total. The second-order valence-corrected chi connectivity index (χ2v) is 5.84. The molecule has 148 valence electrons. The smallest absolute Gasteiger partial charge is 0.339 e. The normalized spacial score (nSPS) is 13.4. The van der Waals surface area contributed by atoms with Crippen LogP contribution in [0.15, 0.2) is 30.3 Å². The van der Waals surface area contributed by atoms with Gasteiger partial charge in [0.25, 0.3) is 5.91 Å².